The van der Waals surface area contributed by atoms with Gasteiger partial charge in [-0.05, 0) is 24.3 Å². The molecule has 1 aliphatic rings. The van der Waals surface area contributed by atoms with E-state index in [0.29, 0.717) is 5.39 Å². The summed E-state index contributed by atoms with van der Waals surface area (Å²) < 4.78 is 31.3. The number of nitrogens with zero attached hydrogens (tertiary/aromatic N) is 3. The third-order valence-corrected chi connectivity index (χ3v) is 5.92. The summed E-state index contributed by atoms with van der Waals surface area (Å²) in [6.45, 7) is 0. The SMILES string of the molecule is NC(=O)c1c(-c2ccc3ccc(-c4ccccc4F)nc3c2F)nn(C2CC(N)(O)C2)c1N. The second-order valence-electron chi connectivity index (χ2n) is 8.26. The van der Waals surface area contributed by atoms with Gasteiger partial charge < -0.3 is 22.3 Å². The van der Waals surface area contributed by atoms with E-state index in [-0.39, 0.29) is 58.3 Å². The minimum Gasteiger partial charge on any atom is -0.383 e. The van der Waals surface area contributed by atoms with E-state index in [1.165, 1.54) is 16.8 Å². The number of hydrogen-bond acceptors (Lipinski definition) is 6. The van der Waals surface area contributed by atoms with E-state index in [2.05, 4.69) is 10.1 Å². The lowest BCUT2D eigenvalue weighted by Gasteiger charge is -2.40. The molecular weight excluding hydrogens is 430 g/mol. The number of amides is 1. The highest BCUT2D eigenvalue weighted by Gasteiger charge is 2.42. The molecule has 5 rings (SSSR count). The molecule has 1 fully saturated rings. The van der Waals surface area contributed by atoms with Crippen LogP contribution in [0.1, 0.15) is 29.2 Å². The maximum Gasteiger partial charge on any atom is 0.254 e. The van der Waals surface area contributed by atoms with Gasteiger partial charge in [-0.2, -0.15) is 5.10 Å². The summed E-state index contributed by atoms with van der Waals surface area (Å²) in [6, 6.07) is 12.0. The summed E-state index contributed by atoms with van der Waals surface area (Å²) in [6.07, 6.45) is 0.342. The van der Waals surface area contributed by atoms with Gasteiger partial charge in [-0.25, -0.2) is 18.4 Å². The van der Waals surface area contributed by atoms with Crippen LogP contribution in [0.3, 0.4) is 0 Å². The molecule has 2 aromatic heterocycles. The normalized spacial score (nSPS) is 20.1. The first-order chi connectivity index (χ1) is 15.7. The van der Waals surface area contributed by atoms with E-state index in [9.17, 15) is 14.3 Å². The van der Waals surface area contributed by atoms with E-state index in [0.717, 1.165) is 0 Å². The number of pyridine rings is 1. The molecule has 10 heteroatoms. The molecule has 0 bridgehead atoms. The number of nitrogens with two attached hydrogens (primary N) is 3. The van der Waals surface area contributed by atoms with Crippen LogP contribution in [0.25, 0.3) is 33.4 Å². The Kier molecular flexibility index (Phi) is 4.66. The summed E-state index contributed by atoms with van der Waals surface area (Å²) in [5, 5.41) is 14.7. The highest BCUT2D eigenvalue weighted by molar-refractivity contribution is 6.04. The van der Waals surface area contributed by atoms with Gasteiger partial charge in [0.05, 0.1) is 11.7 Å². The molecule has 2 heterocycles. The van der Waals surface area contributed by atoms with Crippen LogP contribution in [0, 0.1) is 11.6 Å². The minimum absolute atomic E-state index is 0.0169. The Morgan fingerprint density at radius 1 is 1.09 bits per heavy atom. The van der Waals surface area contributed by atoms with Crippen molar-refractivity contribution in [3.05, 3.63) is 65.7 Å². The van der Waals surface area contributed by atoms with Gasteiger partial charge in [0.2, 0.25) is 0 Å². The minimum atomic E-state index is -1.35. The van der Waals surface area contributed by atoms with E-state index in [1.807, 2.05) is 0 Å². The predicted molar refractivity (Wildman–Crippen MR) is 119 cm³/mol. The molecule has 0 spiro atoms. The van der Waals surface area contributed by atoms with Gasteiger partial charge in [0, 0.05) is 29.4 Å². The van der Waals surface area contributed by atoms with Crippen molar-refractivity contribution < 1.29 is 18.7 Å². The molecule has 2 aromatic carbocycles. The van der Waals surface area contributed by atoms with Gasteiger partial charge in [-0.3, -0.25) is 4.79 Å². The van der Waals surface area contributed by atoms with Gasteiger partial charge in [0.25, 0.3) is 5.91 Å². The van der Waals surface area contributed by atoms with E-state index >= 15 is 4.39 Å². The number of hydrogen-bond donors (Lipinski definition) is 4. The lowest BCUT2D eigenvalue weighted by Crippen LogP contribution is -2.52. The van der Waals surface area contributed by atoms with Crippen LogP contribution < -0.4 is 17.2 Å². The summed E-state index contributed by atoms with van der Waals surface area (Å²) in [4.78, 5) is 16.5. The molecule has 8 nitrogen and oxygen atoms in total. The quantitative estimate of drug-likeness (QED) is 0.352. The van der Waals surface area contributed by atoms with Crippen molar-refractivity contribution in [2.75, 3.05) is 5.73 Å². The number of nitrogen functional groups attached to an aromatic ring is 1. The molecule has 168 valence electrons. The van der Waals surface area contributed by atoms with Crippen LogP contribution in [-0.4, -0.2) is 31.5 Å². The first-order valence-corrected chi connectivity index (χ1v) is 10.2. The van der Waals surface area contributed by atoms with Crippen molar-refractivity contribution in [3.63, 3.8) is 0 Å². The monoisotopic (exact) mass is 450 g/mol. The fourth-order valence-electron chi connectivity index (χ4n) is 4.24. The topological polar surface area (TPSA) is 146 Å². The van der Waals surface area contributed by atoms with Crippen LogP contribution in [0.4, 0.5) is 14.6 Å². The third-order valence-electron chi connectivity index (χ3n) is 5.92. The molecule has 1 aliphatic carbocycles. The average Bonchev–Trinajstić information content (AvgIpc) is 3.09. The Bertz CT molecular complexity index is 1420. The zero-order valence-electron chi connectivity index (χ0n) is 17.3. The van der Waals surface area contributed by atoms with Crippen molar-refractivity contribution in [1.82, 2.24) is 14.8 Å². The Morgan fingerprint density at radius 3 is 2.45 bits per heavy atom. The number of aromatic nitrogens is 3. The fourth-order valence-corrected chi connectivity index (χ4v) is 4.24. The van der Waals surface area contributed by atoms with Crippen molar-refractivity contribution in [2.24, 2.45) is 11.5 Å². The summed E-state index contributed by atoms with van der Waals surface area (Å²) in [7, 11) is 0. The summed E-state index contributed by atoms with van der Waals surface area (Å²) in [5.41, 5.74) is 16.2. The molecule has 4 aromatic rings. The molecule has 7 N–H and O–H groups in total. The van der Waals surface area contributed by atoms with Crippen LogP contribution >= 0.6 is 0 Å². The fraction of sp³-hybridized carbons (Fsp3) is 0.174. The second kappa shape index (κ2) is 7.32. The van der Waals surface area contributed by atoms with E-state index < -0.39 is 23.3 Å². The van der Waals surface area contributed by atoms with Crippen molar-refractivity contribution >= 4 is 22.6 Å². The summed E-state index contributed by atoms with van der Waals surface area (Å²) >= 11 is 0. The van der Waals surface area contributed by atoms with Crippen molar-refractivity contribution in [1.29, 1.82) is 0 Å². The van der Waals surface area contributed by atoms with Gasteiger partial charge in [0.15, 0.2) is 5.82 Å². The Hall–Kier alpha value is -3.89. The molecule has 0 unspecified atom stereocenters. The van der Waals surface area contributed by atoms with Crippen molar-refractivity contribution in [2.45, 2.75) is 24.6 Å². The number of carbonyl (C=O) groups excluding carboxylic acids is 1. The zero-order chi connectivity index (χ0) is 23.5. The first-order valence-electron chi connectivity index (χ1n) is 10.2. The number of anilines is 1. The Balaban J connectivity index is 1.67. The maximum atomic E-state index is 15.7. The van der Waals surface area contributed by atoms with Crippen LogP contribution in [0.5, 0.6) is 0 Å². The largest absolute Gasteiger partial charge is 0.383 e. The smallest absolute Gasteiger partial charge is 0.254 e. The molecule has 0 atom stereocenters. The lowest BCUT2D eigenvalue weighted by molar-refractivity contribution is -0.0643. The predicted octanol–water partition coefficient (Wildman–Crippen LogP) is 2.71. The van der Waals surface area contributed by atoms with Crippen LogP contribution in [-0.2, 0) is 0 Å². The molecule has 0 aliphatic heterocycles. The van der Waals surface area contributed by atoms with Crippen LogP contribution in [0.2, 0.25) is 0 Å². The molecule has 1 amide bonds. The number of rotatable bonds is 4. The number of fused-ring (bicyclic) bond motifs is 1. The third kappa shape index (κ3) is 3.40. The number of carbonyl (C=O) groups is 1. The average molecular weight is 450 g/mol. The number of halogens is 2. The lowest BCUT2D eigenvalue weighted by atomic mass is 9.83. The van der Waals surface area contributed by atoms with E-state index in [4.69, 9.17) is 17.2 Å². The maximum absolute atomic E-state index is 15.7. The van der Waals surface area contributed by atoms with E-state index in [1.54, 1.807) is 36.4 Å². The van der Waals surface area contributed by atoms with Gasteiger partial charge in [-0.1, -0.05) is 24.3 Å². The number of aliphatic hydroxyl groups is 1. The number of primary amides is 1. The molecular formula is C23H20F2N6O2. The molecule has 0 radical (unpaired) electrons. The zero-order valence-corrected chi connectivity index (χ0v) is 17.3. The van der Waals surface area contributed by atoms with Gasteiger partial charge >= 0.3 is 0 Å². The molecule has 0 saturated heterocycles. The highest BCUT2D eigenvalue weighted by atomic mass is 19.1. The highest BCUT2D eigenvalue weighted by Crippen LogP contribution is 2.41. The standard InChI is InChI=1S/C23H20F2N6O2/c24-15-4-2-1-3-13(15)16-8-6-11-5-7-14(18(25)19(11)29-16)20-17(22(27)32)21(26)31(30-20)12-9-23(28,33)10-12/h1-8,12,33H,9-10,26,28H2,(H2,27,32). The van der Waals surface area contributed by atoms with Gasteiger partial charge in [-0.15, -0.1) is 0 Å². The Labute approximate surface area is 186 Å². The molecule has 1 saturated carbocycles. The van der Waals surface area contributed by atoms with Crippen molar-refractivity contribution in [3.8, 4) is 22.5 Å². The molecule has 33 heavy (non-hydrogen) atoms. The summed E-state index contributed by atoms with van der Waals surface area (Å²) in [5.74, 6) is -2.14. The van der Waals surface area contributed by atoms with Gasteiger partial charge in [0.1, 0.15) is 34.1 Å². The number of benzene rings is 2. The van der Waals surface area contributed by atoms with Crippen LogP contribution in [0.15, 0.2) is 48.5 Å². The second-order valence-corrected chi connectivity index (χ2v) is 8.26. The first kappa shape index (κ1) is 21.0. The Morgan fingerprint density at radius 2 is 1.79 bits per heavy atom.